The second-order valence-electron chi connectivity index (χ2n) is 7.17. The molecule has 1 fully saturated rings. The van der Waals surface area contributed by atoms with Crippen molar-refractivity contribution in [1.82, 2.24) is 9.45 Å². The first-order valence-corrected chi connectivity index (χ1v) is 11.1. The Bertz CT molecular complexity index is 1040. The largest absolute Gasteiger partial charge is 0.369 e. The number of rotatable bonds is 7. The molecule has 11 heteroatoms. The standard InChI is InChI=1S/C20H25N5O5S/c1-24(30-2)31(28,29)17-8-5-14(6-9-17)20(27)23-16-7-10-18(22-12-16)25-11-3-4-15(13-25)19(21)26/h5-10,12,15H,3-4,11,13H2,1-2H3,(H2,21,26)(H,23,27). The number of pyridine rings is 1. The van der Waals surface area contributed by atoms with Crippen LogP contribution in [-0.4, -0.2) is 56.9 Å². The van der Waals surface area contributed by atoms with Crippen LogP contribution in [0.5, 0.6) is 0 Å². The molecule has 1 saturated heterocycles. The van der Waals surface area contributed by atoms with E-state index in [1.165, 1.54) is 44.6 Å². The molecule has 1 atom stereocenters. The highest BCUT2D eigenvalue weighted by atomic mass is 32.2. The first-order chi connectivity index (χ1) is 14.7. The minimum absolute atomic E-state index is 0.00946. The summed E-state index contributed by atoms with van der Waals surface area (Å²) in [6, 6.07) is 9.02. The highest BCUT2D eigenvalue weighted by Gasteiger charge is 2.25. The maximum atomic E-state index is 12.5. The lowest BCUT2D eigenvalue weighted by atomic mass is 9.97. The summed E-state index contributed by atoms with van der Waals surface area (Å²) in [5, 5.41) is 2.73. The predicted molar refractivity (Wildman–Crippen MR) is 115 cm³/mol. The highest BCUT2D eigenvalue weighted by molar-refractivity contribution is 7.89. The summed E-state index contributed by atoms with van der Waals surface area (Å²) in [7, 11) is -1.25. The summed E-state index contributed by atoms with van der Waals surface area (Å²) in [4.78, 5) is 35.1. The van der Waals surface area contributed by atoms with Crippen LogP contribution in [0.25, 0.3) is 0 Å². The van der Waals surface area contributed by atoms with Crippen LogP contribution in [0.2, 0.25) is 0 Å². The number of hydrogen-bond donors (Lipinski definition) is 2. The normalized spacial score (nSPS) is 16.9. The third-order valence-corrected chi connectivity index (χ3v) is 6.86. The van der Waals surface area contributed by atoms with E-state index in [4.69, 9.17) is 10.6 Å². The molecule has 3 rings (SSSR count). The van der Waals surface area contributed by atoms with Crippen molar-refractivity contribution in [3.05, 3.63) is 48.2 Å². The fraction of sp³-hybridized carbons (Fsp3) is 0.350. The van der Waals surface area contributed by atoms with Gasteiger partial charge in [-0.2, -0.15) is 0 Å². The molecule has 10 nitrogen and oxygen atoms in total. The number of nitrogens with one attached hydrogen (secondary N) is 1. The number of anilines is 2. The van der Waals surface area contributed by atoms with Crippen LogP contribution in [0.3, 0.4) is 0 Å². The van der Waals surface area contributed by atoms with E-state index in [0.717, 1.165) is 23.9 Å². The summed E-state index contributed by atoms with van der Waals surface area (Å²) in [6.07, 6.45) is 3.18. The highest BCUT2D eigenvalue weighted by Crippen LogP contribution is 2.23. The number of benzene rings is 1. The molecule has 0 radical (unpaired) electrons. The minimum Gasteiger partial charge on any atom is -0.369 e. The third-order valence-electron chi connectivity index (χ3n) is 5.16. The Kier molecular flexibility index (Phi) is 6.88. The topological polar surface area (TPSA) is 135 Å². The second-order valence-corrected chi connectivity index (χ2v) is 9.10. The average molecular weight is 448 g/mol. The SMILES string of the molecule is CON(C)S(=O)(=O)c1ccc(C(=O)Nc2ccc(N3CCCC(C(N)=O)C3)nc2)cc1. The summed E-state index contributed by atoms with van der Waals surface area (Å²) in [5.74, 6) is -0.183. The molecule has 166 valence electrons. The lowest BCUT2D eigenvalue weighted by Gasteiger charge is -2.32. The number of amides is 2. The molecule has 2 aromatic rings. The summed E-state index contributed by atoms with van der Waals surface area (Å²) < 4.78 is 25.2. The zero-order valence-corrected chi connectivity index (χ0v) is 18.1. The molecule has 2 amide bonds. The number of carbonyl (C=O) groups excluding carboxylic acids is 2. The Morgan fingerprint density at radius 3 is 2.52 bits per heavy atom. The van der Waals surface area contributed by atoms with E-state index in [9.17, 15) is 18.0 Å². The van der Waals surface area contributed by atoms with Crippen molar-refractivity contribution in [2.45, 2.75) is 17.7 Å². The van der Waals surface area contributed by atoms with E-state index in [0.29, 0.717) is 23.6 Å². The molecule has 1 aliphatic rings. The van der Waals surface area contributed by atoms with Gasteiger partial charge in [0.05, 0.1) is 29.8 Å². The van der Waals surface area contributed by atoms with Gasteiger partial charge in [-0.25, -0.2) is 13.4 Å². The van der Waals surface area contributed by atoms with Crippen LogP contribution < -0.4 is 16.0 Å². The summed E-state index contributed by atoms with van der Waals surface area (Å²) in [6.45, 7) is 1.32. The molecule has 0 saturated carbocycles. The fourth-order valence-electron chi connectivity index (χ4n) is 3.29. The van der Waals surface area contributed by atoms with Crippen molar-refractivity contribution >= 4 is 33.3 Å². The maximum absolute atomic E-state index is 12.5. The van der Waals surface area contributed by atoms with Crippen LogP contribution >= 0.6 is 0 Å². The van der Waals surface area contributed by atoms with Crippen LogP contribution in [0, 0.1) is 5.92 Å². The molecule has 2 heterocycles. The molecule has 31 heavy (non-hydrogen) atoms. The smallest absolute Gasteiger partial charge is 0.264 e. The molecular weight excluding hydrogens is 422 g/mol. The molecule has 1 aliphatic heterocycles. The fourth-order valence-corrected chi connectivity index (χ4v) is 4.27. The number of nitrogens with two attached hydrogens (primary N) is 1. The third kappa shape index (κ3) is 5.19. The van der Waals surface area contributed by atoms with E-state index in [1.54, 1.807) is 12.1 Å². The van der Waals surface area contributed by atoms with E-state index in [-0.39, 0.29) is 16.7 Å². The minimum atomic E-state index is -3.78. The van der Waals surface area contributed by atoms with Gasteiger partial charge < -0.3 is 16.0 Å². The molecule has 1 aromatic carbocycles. The first kappa shape index (κ1) is 22.7. The number of carbonyl (C=O) groups is 2. The van der Waals surface area contributed by atoms with E-state index < -0.39 is 15.9 Å². The average Bonchev–Trinajstić information content (AvgIpc) is 2.79. The number of nitrogens with zero attached hydrogens (tertiary/aromatic N) is 3. The Morgan fingerprint density at radius 2 is 1.94 bits per heavy atom. The Hall–Kier alpha value is -3.02. The van der Waals surface area contributed by atoms with Gasteiger partial charge in [0.1, 0.15) is 5.82 Å². The summed E-state index contributed by atoms with van der Waals surface area (Å²) in [5.41, 5.74) is 6.21. The van der Waals surface area contributed by atoms with Gasteiger partial charge in [-0.3, -0.25) is 14.4 Å². The van der Waals surface area contributed by atoms with E-state index in [1.807, 2.05) is 4.90 Å². The van der Waals surface area contributed by atoms with Crippen LogP contribution in [0.4, 0.5) is 11.5 Å². The van der Waals surface area contributed by atoms with Crippen LogP contribution in [-0.2, 0) is 19.7 Å². The molecule has 0 aliphatic carbocycles. The van der Waals surface area contributed by atoms with Crippen LogP contribution in [0.1, 0.15) is 23.2 Å². The van der Waals surface area contributed by atoms with Gasteiger partial charge in [-0.15, -0.1) is 0 Å². The number of hydroxylamine groups is 1. The molecule has 1 unspecified atom stereocenters. The maximum Gasteiger partial charge on any atom is 0.264 e. The van der Waals surface area contributed by atoms with Gasteiger partial charge in [0, 0.05) is 25.7 Å². The zero-order chi connectivity index (χ0) is 22.6. The van der Waals surface area contributed by atoms with Crippen molar-refractivity contribution in [3.8, 4) is 0 Å². The number of aromatic nitrogens is 1. The van der Waals surface area contributed by atoms with Crippen molar-refractivity contribution < 1.29 is 22.8 Å². The van der Waals surface area contributed by atoms with Crippen molar-refractivity contribution in [2.75, 3.05) is 37.5 Å². The van der Waals surface area contributed by atoms with Gasteiger partial charge in [0.15, 0.2) is 0 Å². The van der Waals surface area contributed by atoms with Crippen molar-refractivity contribution in [1.29, 1.82) is 0 Å². The van der Waals surface area contributed by atoms with Gasteiger partial charge in [-0.1, -0.05) is 4.47 Å². The number of sulfonamides is 1. The van der Waals surface area contributed by atoms with Gasteiger partial charge >= 0.3 is 0 Å². The van der Waals surface area contributed by atoms with Crippen molar-refractivity contribution in [2.24, 2.45) is 11.7 Å². The number of primary amides is 1. The predicted octanol–water partition coefficient (Wildman–Crippen LogP) is 1.22. The quantitative estimate of drug-likeness (QED) is 0.609. The van der Waals surface area contributed by atoms with Crippen molar-refractivity contribution in [3.63, 3.8) is 0 Å². The molecule has 1 aromatic heterocycles. The Labute approximate surface area is 181 Å². The van der Waals surface area contributed by atoms with Gasteiger partial charge in [0.25, 0.3) is 15.9 Å². The van der Waals surface area contributed by atoms with Gasteiger partial charge in [0.2, 0.25) is 5.91 Å². The molecule has 0 spiro atoms. The molecule has 3 N–H and O–H groups in total. The summed E-state index contributed by atoms with van der Waals surface area (Å²) >= 11 is 0. The number of piperidine rings is 1. The number of hydrogen-bond acceptors (Lipinski definition) is 7. The molecular formula is C20H25N5O5S. The lowest BCUT2D eigenvalue weighted by molar-refractivity contribution is -0.122. The monoisotopic (exact) mass is 447 g/mol. The Morgan fingerprint density at radius 1 is 1.23 bits per heavy atom. The van der Waals surface area contributed by atoms with Crippen LogP contribution in [0.15, 0.2) is 47.5 Å². The lowest BCUT2D eigenvalue weighted by Crippen LogP contribution is -2.41. The van der Waals surface area contributed by atoms with Gasteiger partial charge in [-0.05, 0) is 49.2 Å². The Balaban J connectivity index is 1.65. The zero-order valence-electron chi connectivity index (χ0n) is 17.3. The molecule has 0 bridgehead atoms. The first-order valence-electron chi connectivity index (χ1n) is 9.67. The van der Waals surface area contributed by atoms with E-state index >= 15 is 0 Å². The van der Waals surface area contributed by atoms with E-state index in [2.05, 4.69) is 10.3 Å². The second kappa shape index (κ2) is 9.41.